The number of carbonyl (C=O) groups is 1. The monoisotopic (exact) mass is 338 g/mol. The molecule has 0 unspecified atom stereocenters. The molecule has 2 N–H and O–H groups in total. The molecule has 1 aliphatic rings. The molecule has 25 heavy (non-hydrogen) atoms. The minimum absolute atomic E-state index is 0.0842. The molecule has 1 amide bonds. The first kappa shape index (κ1) is 17.0. The second kappa shape index (κ2) is 7.34. The van der Waals surface area contributed by atoms with Gasteiger partial charge in [0.25, 0.3) is 5.91 Å². The highest BCUT2D eigenvalue weighted by Gasteiger charge is 2.22. The highest BCUT2D eigenvalue weighted by atomic mass is 16.2. The normalized spacial score (nSPS) is 12.6. The van der Waals surface area contributed by atoms with E-state index in [4.69, 9.17) is 5.26 Å². The van der Waals surface area contributed by atoms with Crippen molar-refractivity contribution < 1.29 is 4.79 Å². The van der Waals surface area contributed by atoms with Gasteiger partial charge in [-0.2, -0.15) is 5.26 Å². The Morgan fingerprint density at radius 2 is 2.28 bits per heavy atom. The lowest BCUT2D eigenvalue weighted by molar-refractivity contribution is 0.0734. The summed E-state index contributed by atoms with van der Waals surface area (Å²) in [4.78, 5) is 26.2. The number of carbonyl (C=O) groups excluding carboxylic acids is 1. The predicted molar refractivity (Wildman–Crippen MR) is 95.0 cm³/mol. The lowest BCUT2D eigenvalue weighted by atomic mass is 10.1. The van der Waals surface area contributed by atoms with E-state index in [-0.39, 0.29) is 5.91 Å². The minimum Gasteiger partial charge on any atom is -0.369 e. The molecule has 0 aliphatic carbocycles. The first-order chi connectivity index (χ1) is 12.1. The van der Waals surface area contributed by atoms with Crippen LogP contribution in [0.5, 0.6) is 0 Å². The van der Waals surface area contributed by atoms with Crippen LogP contribution < -0.4 is 5.32 Å². The number of nitrogens with one attached hydrogen (secondary N) is 2. The van der Waals surface area contributed by atoms with E-state index in [1.165, 1.54) is 0 Å². The van der Waals surface area contributed by atoms with E-state index in [1.807, 2.05) is 12.3 Å². The number of anilines is 1. The summed E-state index contributed by atoms with van der Waals surface area (Å²) in [5, 5.41) is 12.1. The third kappa shape index (κ3) is 3.63. The molecular formula is C18H22N6O. The van der Waals surface area contributed by atoms with Crippen molar-refractivity contribution >= 4 is 11.7 Å². The number of hydrogen-bond acceptors (Lipinski definition) is 5. The number of fused-ring (bicyclic) bond motifs is 1. The molecule has 0 saturated heterocycles. The largest absolute Gasteiger partial charge is 0.369 e. The number of rotatable bonds is 6. The average Bonchev–Trinajstić information content (AvgIpc) is 3.26. The van der Waals surface area contributed by atoms with E-state index in [9.17, 15) is 4.79 Å². The lowest BCUT2D eigenvalue weighted by Gasteiger charge is -2.23. The second-order valence-electron chi connectivity index (χ2n) is 6.58. The summed E-state index contributed by atoms with van der Waals surface area (Å²) < 4.78 is 0. The smallest absolute Gasteiger partial charge is 0.270 e. The molecule has 0 saturated carbocycles. The molecule has 0 radical (unpaired) electrons. The molecule has 0 fully saturated rings. The van der Waals surface area contributed by atoms with Gasteiger partial charge in [-0.05, 0) is 18.4 Å². The van der Waals surface area contributed by atoms with Gasteiger partial charge in [-0.3, -0.25) is 4.79 Å². The number of hydrogen-bond donors (Lipinski definition) is 2. The summed E-state index contributed by atoms with van der Waals surface area (Å²) in [5.74, 6) is 1.13. The van der Waals surface area contributed by atoms with Crippen molar-refractivity contribution in [2.75, 3.05) is 25.0 Å². The van der Waals surface area contributed by atoms with Crippen LogP contribution in [-0.4, -0.2) is 45.4 Å². The molecule has 0 bridgehead atoms. The molecule has 7 heteroatoms. The quantitative estimate of drug-likeness (QED) is 0.843. The zero-order chi connectivity index (χ0) is 17.8. The number of nitriles is 1. The Labute approximate surface area is 147 Å². The number of H-pyrrole nitrogens is 1. The van der Waals surface area contributed by atoms with Crippen molar-refractivity contribution in [1.29, 1.82) is 5.26 Å². The van der Waals surface area contributed by atoms with Crippen molar-refractivity contribution in [3.05, 3.63) is 29.8 Å². The van der Waals surface area contributed by atoms with Gasteiger partial charge < -0.3 is 15.2 Å². The van der Waals surface area contributed by atoms with Crippen LogP contribution in [-0.2, 0) is 6.42 Å². The summed E-state index contributed by atoms with van der Waals surface area (Å²) in [6.45, 7) is 6.04. The standard InChI is InChI=1S/C18H22N6O/c1-12(2)10-24(7-3-5-19)18(25)15-8-13(9-21-15)16-14-4-6-20-17(14)23-11-22-16/h8-9,11-12,21H,3-4,6-7,10H2,1-2H3,(H,20,22,23). The van der Waals surface area contributed by atoms with Gasteiger partial charge in [0.05, 0.1) is 18.2 Å². The summed E-state index contributed by atoms with van der Waals surface area (Å²) in [5.41, 5.74) is 3.35. The van der Waals surface area contributed by atoms with Crippen LogP contribution in [0, 0.1) is 17.2 Å². The Kier molecular flexibility index (Phi) is 4.98. The summed E-state index contributed by atoms with van der Waals surface area (Å²) >= 11 is 0. The molecule has 2 aromatic heterocycles. The molecule has 0 aromatic carbocycles. The van der Waals surface area contributed by atoms with E-state index in [2.05, 4.69) is 40.2 Å². The predicted octanol–water partition coefficient (Wildman–Crippen LogP) is 2.45. The summed E-state index contributed by atoms with van der Waals surface area (Å²) in [6.07, 6.45) is 4.56. The van der Waals surface area contributed by atoms with Gasteiger partial charge >= 0.3 is 0 Å². The van der Waals surface area contributed by atoms with Crippen LogP contribution >= 0.6 is 0 Å². The SMILES string of the molecule is CC(C)CN(CCC#N)C(=O)c1cc(-c2ncnc3c2CCN3)c[nH]1. The van der Waals surface area contributed by atoms with Crippen LogP contribution in [0.25, 0.3) is 11.3 Å². The van der Waals surface area contributed by atoms with Crippen LogP contribution in [0.4, 0.5) is 5.82 Å². The number of aromatic nitrogens is 3. The highest BCUT2D eigenvalue weighted by Crippen LogP contribution is 2.29. The topological polar surface area (TPSA) is 97.7 Å². The second-order valence-corrected chi connectivity index (χ2v) is 6.58. The molecule has 7 nitrogen and oxygen atoms in total. The Morgan fingerprint density at radius 3 is 3.04 bits per heavy atom. The number of aromatic amines is 1. The van der Waals surface area contributed by atoms with Crippen LogP contribution in [0.1, 0.15) is 36.3 Å². The van der Waals surface area contributed by atoms with Gasteiger partial charge in [0.2, 0.25) is 0 Å². The van der Waals surface area contributed by atoms with E-state index in [1.54, 1.807) is 11.2 Å². The van der Waals surface area contributed by atoms with Crippen LogP contribution in [0.2, 0.25) is 0 Å². The lowest BCUT2D eigenvalue weighted by Crippen LogP contribution is -2.35. The van der Waals surface area contributed by atoms with Gasteiger partial charge in [-0.25, -0.2) is 9.97 Å². The molecule has 0 atom stereocenters. The van der Waals surface area contributed by atoms with E-state index in [0.717, 1.165) is 35.6 Å². The Morgan fingerprint density at radius 1 is 1.44 bits per heavy atom. The van der Waals surface area contributed by atoms with E-state index in [0.29, 0.717) is 31.1 Å². The summed E-state index contributed by atoms with van der Waals surface area (Å²) in [6, 6.07) is 3.95. The van der Waals surface area contributed by atoms with Gasteiger partial charge in [0.1, 0.15) is 17.8 Å². The van der Waals surface area contributed by atoms with Gasteiger partial charge in [0, 0.05) is 37.0 Å². The fourth-order valence-electron chi connectivity index (χ4n) is 3.08. The third-order valence-corrected chi connectivity index (χ3v) is 4.17. The Hall–Kier alpha value is -2.88. The van der Waals surface area contributed by atoms with Gasteiger partial charge in [-0.15, -0.1) is 0 Å². The van der Waals surface area contributed by atoms with Gasteiger partial charge in [-0.1, -0.05) is 13.8 Å². The van der Waals surface area contributed by atoms with Gasteiger partial charge in [0.15, 0.2) is 0 Å². The van der Waals surface area contributed by atoms with E-state index < -0.39 is 0 Å². The highest BCUT2D eigenvalue weighted by molar-refractivity contribution is 5.94. The van der Waals surface area contributed by atoms with Crippen molar-refractivity contribution in [2.45, 2.75) is 26.7 Å². The zero-order valence-corrected chi connectivity index (χ0v) is 14.5. The van der Waals surface area contributed by atoms with Crippen LogP contribution in [0.3, 0.4) is 0 Å². The molecule has 130 valence electrons. The number of amides is 1. The van der Waals surface area contributed by atoms with Crippen molar-refractivity contribution in [1.82, 2.24) is 19.9 Å². The molecule has 0 spiro atoms. The molecule has 2 aromatic rings. The first-order valence-electron chi connectivity index (χ1n) is 8.53. The summed E-state index contributed by atoms with van der Waals surface area (Å²) in [7, 11) is 0. The molecule has 3 rings (SSSR count). The molecule has 3 heterocycles. The number of nitrogens with zero attached hydrogens (tertiary/aromatic N) is 4. The molecule has 1 aliphatic heterocycles. The average molecular weight is 338 g/mol. The van der Waals surface area contributed by atoms with Crippen LogP contribution in [0.15, 0.2) is 18.6 Å². The fraction of sp³-hybridized carbons (Fsp3) is 0.444. The first-order valence-corrected chi connectivity index (χ1v) is 8.53. The third-order valence-electron chi connectivity index (χ3n) is 4.17. The van der Waals surface area contributed by atoms with E-state index >= 15 is 0 Å². The minimum atomic E-state index is -0.0842. The maximum atomic E-state index is 12.8. The Balaban J connectivity index is 1.84. The maximum absolute atomic E-state index is 12.8. The zero-order valence-electron chi connectivity index (χ0n) is 14.5. The maximum Gasteiger partial charge on any atom is 0.270 e. The fourth-order valence-corrected chi connectivity index (χ4v) is 3.08. The van der Waals surface area contributed by atoms with Crippen molar-refractivity contribution in [3.63, 3.8) is 0 Å². The molecular weight excluding hydrogens is 316 g/mol. The van der Waals surface area contributed by atoms with Crippen molar-refractivity contribution in [3.8, 4) is 17.3 Å². The Bertz CT molecular complexity index is 804. The van der Waals surface area contributed by atoms with Crippen molar-refractivity contribution in [2.24, 2.45) is 5.92 Å².